The summed E-state index contributed by atoms with van der Waals surface area (Å²) in [6.45, 7) is -0.202. The molecule has 35 heavy (non-hydrogen) atoms. The molecule has 1 aromatic carbocycles. The lowest BCUT2D eigenvalue weighted by atomic mass is 10.1. The van der Waals surface area contributed by atoms with Crippen LogP contribution in [0.5, 0.6) is 11.5 Å². The van der Waals surface area contributed by atoms with Gasteiger partial charge in [0, 0.05) is 34.7 Å². The molecule has 0 aliphatic rings. The summed E-state index contributed by atoms with van der Waals surface area (Å²) in [6, 6.07) is 4.06. The number of rotatable bonds is 18. The fourth-order valence-electron chi connectivity index (χ4n) is 2.19. The maximum atomic E-state index is 12.1. The smallest absolute Gasteiger partial charge is 0.328 e. The predicted molar refractivity (Wildman–Crippen MR) is 124 cm³/mol. The molecule has 0 saturated carbocycles. The minimum absolute atomic E-state index is 0.00761. The minimum atomic E-state index is -1.24. The Morgan fingerprint density at radius 3 is 1.94 bits per heavy atom. The summed E-state index contributed by atoms with van der Waals surface area (Å²) in [7, 11) is 0. The van der Waals surface area contributed by atoms with Crippen LogP contribution in [0.3, 0.4) is 0 Å². The third kappa shape index (κ3) is 15.1. The van der Waals surface area contributed by atoms with Gasteiger partial charge in [0.1, 0.15) is 24.7 Å². The van der Waals surface area contributed by atoms with Gasteiger partial charge < -0.3 is 24.3 Å². The molecular formula is C19H22N2O12S2. The molecule has 0 radical (unpaired) electrons. The number of carbonyl (C=O) groups excluding carboxylic acids is 2. The monoisotopic (exact) mass is 534 g/mol. The van der Waals surface area contributed by atoms with E-state index < -0.39 is 28.1 Å². The van der Waals surface area contributed by atoms with Gasteiger partial charge in [0.2, 0.25) is 0 Å². The SMILES string of the molecule is O=C(O)C=Cc1cc(OC(=O)CCSCCO[N+](=O)[O-])ccc1OC(=O)CCSCCO[N+](=O)[O-]. The van der Waals surface area contributed by atoms with Crippen LogP contribution in [0.1, 0.15) is 18.4 Å². The van der Waals surface area contributed by atoms with Crippen LogP contribution in [0.25, 0.3) is 6.08 Å². The molecule has 0 fully saturated rings. The summed E-state index contributed by atoms with van der Waals surface area (Å²) in [5.41, 5.74) is 0.185. The highest BCUT2D eigenvalue weighted by Crippen LogP contribution is 2.26. The van der Waals surface area contributed by atoms with Crippen LogP contribution in [0.4, 0.5) is 0 Å². The average molecular weight is 535 g/mol. The molecular weight excluding hydrogens is 512 g/mol. The highest BCUT2D eigenvalue weighted by molar-refractivity contribution is 7.99. The van der Waals surface area contributed by atoms with E-state index in [9.17, 15) is 34.6 Å². The van der Waals surface area contributed by atoms with E-state index in [4.69, 9.17) is 14.6 Å². The third-order valence-electron chi connectivity index (χ3n) is 3.59. The number of hydrogen-bond donors (Lipinski definition) is 1. The molecule has 0 atom stereocenters. The van der Waals surface area contributed by atoms with Gasteiger partial charge in [-0.2, -0.15) is 23.5 Å². The van der Waals surface area contributed by atoms with Gasteiger partial charge in [-0.15, -0.1) is 20.2 Å². The molecule has 0 spiro atoms. The molecule has 0 heterocycles. The van der Waals surface area contributed by atoms with Crippen LogP contribution in [0, 0.1) is 20.2 Å². The molecule has 1 aromatic rings. The lowest BCUT2D eigenvalue weighted by Crippen LogP contribution is -2.12. The largest absolute Gasteiger partial charge is 0.478 e. The zero-order chi connectivity index (χ0) is 26.1. The predicted octanol–water partition coefficient (Wildman–Crippen LogP) is 2.26. The molecule has 0 bridgehead atoms. The summed E-state index contributed by atoms with van der Waals surface area (Å²) in [5, 5.41) is 27.2. The Kier molecular flexibility index (Phi) is 14.3. The normalized spacial score (nSPS) is 10.5. The number of carboxylic acids is 1. The second-order valence-corrected chi connectivity index (χ2v) is 8.61. The Morgan fingerprint density at radius 2 is 1.43 bits per heavy atom. The Morgan fingerprint density at radius 1 is 0.886 bits per heavy atom. The van der Waals surface area contributed by atoms with Crippen molar-refractivity contribution < 1.29 is 48.8 Å². The van der Waals surface area contributed by atoms with Crippen molar-refractivity contribution in [1.82, 2.24) is 0 Å². The number of carbonyl (C=O) groups is 3. The van der Waals surface area contributed by atoms with Crippen LogP contribution in [0.2, 0.25) is 0 Å². The summed E-state index contributed by atoms with van der Waals surface area (Å²) >= 11 is 2.52. The highest BCUT2D eigenvalue weighted by atomic mass is 32.2. The molecule has 0 amide bonds. The first-order chi connectivity index (χ1) is 16.7. The number of esters is 2. The van der Waals surface area contributed by atoms with Gasteiger partial charge >= 0.3 is 17.9 Å². The Hall–Kier alpha value is -3.53. The summed E-state index contributed by atoms with van der Waals surface area (Å²) < 4.78 is 10.5. The molecule has 14 nitrogen and oxygen atoms in total. The number of benzene rings is 1. The van der Waals surface area contributed by atoms with Gasteiger partial charge in [0.05, 0.1) is 12.8 Å². The molecule has 0 unspecified atom stereocenters. The van der Waals surface area contributed by atoms with E-state index in [2.05, 4.69) is 9.68 Å². The second kappa shape index (κ2) is 17.0. The molecule has 0 aliphatic carbocycles. The second-order valence-electron chi connectivity index (χ2n) is 6.16. The van der Waals surface area contributed by atoms with Gasteiger partial charge in [-0.1, -0.05) is 0 Å². The number of hydrogen-bond acceptors (Lipinski definition) is 13. The van der Waals surface area contributed by atoms with Crippen LogP contribution in [-0.2, 0) is 24.1 Å². The van der Waals surface area contributed by atoms with Gasteiger partial charge in [0.15, 0.2) is 0 Å². The molecule has 1 N–H and O–H groups in total. The van der Waals surface area contributed by atoms with Crippen LogP contribution >= 0.6 is 23.5 Å². The van der Waals surface area contributed by atoms with Crippen molar-refractivity contribution in [2.24, 2.45) is 0 Å². The standard InChI is InChI=1S/C19H22N2O12S2/c22-17(23)4-1-14-13-15(32-18(24)5-9-34-11-7-30-20(26)27)2-3-16(14)33-19(25)6-10-35-12-8-31-21(28)29/h1-4,13H,5-12H2,(H,22,23). The third-order valence-corrected chi connectivity index (χ3v) is 5.49. The van der Waals surface area contributed by atoms with E-state index in [0.29, 0.717) is 23.0 Å². The van der Waals surface area contributed by atoms with Gasteiger partial charge in [-0.3, -0.25) is 9.59 Å². The summed E-state index contributed by atoms with van der Waals surface area (Å²) in [6.07, 6.45) is 2.01. The first-order valence-corrected chi connectivity index (χ1v) is 12.1. The van der Waals surface area contributed by atoms with Crippen molar-refractivity contribution in [1.29, 1.82) is 0 Å². The number of aliphatic carboxylic acids is 1. The van der Waals surface area contributed by atoms with E-state index in [1.54, 1.807) is 0 Å². The average Bonchev–Trinajstić information content (AvgIpc) is 2.78. The number of carboxylic acid groups (broad SMARTS) is 1. The fraction of sp³-hybridized carbons (Fsp3) is 0.421. The van der Waals surface area contributed by atoms with Gasteiger partial charge in [0.25, 0.3) is 10.2 Å². The zero-order valence-electron chi connectivity index (χ0n) is 18.2. The Labute approximate surface area is 207 Å². The maximum Gasteiger partial charge on any atom is 0.328 e. The molecule has 1 rings (SSSR count). The van der Waals surface area contributed by atoms with Crippen molar-refractivity contribution in [2.45, 2.75) is 12.8 Å². The number of thioether (sulfide) groups is 2. The van der Waals surface area contributed by atoms with E-state index in [1.807, 2.05) is 0 Å². The molecule has 0 saturated heterocycles. The van der Waals surface area contributed by atoms with Gasteiger partial charge in [-0.05, 0) is 24.3 Å². The Balaban J connectivity index is 2.60. The summed E-state index contributed by atoms with van der Waals surface area (Å²) in [5.74, 6) is -0.974. The molecule has 16 heteroatoms. The lowest BCUT2D eigenvalue weighted by Gasteiger charge is -2.10. The van der Waals surface area contributed by atoms with Crippen molar-refractivity contribution in [2.75, 3.05) is 36.2 Å². The first-order valence-electron chi connectivity index (χ1n) is 9.84. The van der Waals surface area contributed by atoms with Crippen LogP contribution < -0.4 is 9.47 Å². The minimum Gasteiger partial charge on any atom is -0.478 e. The Bertz CT molecular complexity index is 925. The highest BCUT2D eigenvalue weighted by Gasteiger charge is 2.12. The molecule has 0 aliphatic heterocycles. The number of nitrogens with zero attached hydrogens (tertiary/aromatic N) is 2. The molecule has 0 aromatic heterocycles. The topological polar surface area (TPSA) is 195 Å². The van der Waals surface area contributed by atoms with Crippen molar-refractivity contribution >= 4 is 47.5 Å². The molecule has 192 valence electrons. The maximum absolute atomic E-state index is 12.1. The van der Waals surface area contributed by atoms with Crippen molar-refractivity contribution in [3.05, 3.63) is 50.1 Å². The van der Waals surface area contributed by atoms with Crippen LogP contribution in [0.15, 0.2) is 24.3 Å². The quantitative estimate of drug-likeness (QED) is 0.0719. The van der Waals surface area contributed by atoms with E-state index >= 15 is 0 Å². The first kappa shape index (κ1) is 29.5. The van der Waals surface area contributed by atoms with E-state index in [1.165, 1.54) is 47.8 Å². The fourth-order valence-corrected chi connectivity index (χ4v) is 3.60. The van der Waals surface area contributed by atoms with E-state index in [0.717, 1.165) is 6.08 Å². The lowest BCUT2D eigenvalue weighted by molar-refractivity contribution is -0.756. The van der Waals surface area contributed by atoms with Crippen molar-refractivity contribution in [3.63, 3.8) is 0 Å². The zero-order valence-corrected chi connectivity index (χ0v) is 19.8. The van der Waals surface area contributed by atoms with Gasteiger partial charge in [-0.25, -0.2) is 4.79 Å². The van der Waals surface area contributed by atoms with Crippen molar-refractivity contribution in [3.8, 4) is 11.5 Å². The number of ether oxygens (including phenoxy) is 2. The van der Waals surface area contributed by atoms with E-state index in [-0.39, 0.29) is 43.1 Å². The summed E-state index contributed by atoms with van der Waals surface area (Å²) in [4.78, 5) is 63.4. The van der Waals surface area contributed by atoms with Crippen LogP contribution in [-0.4, -0.2) is 69.4 Å².